The van der Waals surface area contributed by atoms with Crippen LogP contribution in [0.15, 0.2) is 35.3 Å². The minimum atomic E-state index is -0.535. The number of amides is 2. The summed E-state index contributed by atoms with van der Waals surface area (Å²) in [5.74, 6) is -0.659. The van der Waals surface area contributed by atoms with Gasteiger partial charge in [0.1, 0.15) is 5.56 Å². The highest BCUT2D eigenvalue weighted by Crippen LogP contribution is 2.07. The van der Waals surface area contributed by atoms with Gasteiger partial charge in [-0.15, -0.1) is 0 Å². The van der Waals surface area contributed by atoms with Crippen molar-refractivity contribution in [1.82, 2.24) is 20.1 Å². The molecule has 7 heteroatoms. The molecule has 0 aliphatic carbocycles. The molecular weight excluding hydrogens is 320 g/mol. The summed E-state index contributed by atoms with van der Waals surface area (Å²) in [5, 5.41) is 3.03. The Hall–Kier alpha value is -2.67. The zero-order chi connectivity index (χ0) is 17.8. The van der Waals surface area contributed by atoms with Gasteiger partial charge < -0.3 is 20.1 Å². The normalized spacial score (nSPS) is 15.8. The Morgan fingerprint density at radius 3 is 2.80 bits per heavy atom. The van der Waals surface area contributed by atoms with Crippen LogP contribution in [0.3, 0.4) is 0 Å². The Balaban J connectivity index is 1.65. The van der Waals surface area contributed by atoms with Crippen molar-refractivity contribution >= 4 is 22.7 Å². The molecule has 132 valence electrons. The molecule has 1 fully saturated rings. The minimum Gasteiger partial charge on any atom is -0.360 e. The lowest BCUT2D eigenvalue weighted by Crippen LogP contribution is -2.42. The van der Waals surface area contributed by atoms with E-state index in [0.29, 0.717) is 24.0 Å². The van der Waals surface area contributed by atoms with Crippen molar-refractivity contribution in [3.05, 3.63) is 46.2 Å². The number of carbonyl (C=O) groups excluding carboxylic acids is 2. The van der Waals surface area contributed by atoms with Crippen LogP contribution in [0.4, 0.5) is 0 Å². The highest BCUT2D eigenvalue weighted by atomic mass is 16.2. The fourth-order valence-electron chi connectivity index (χ4n) is 3.00. The van der Waals surface area contributed by atoms with Gasteiger partial charge in [0.05, 0.1) is 6.54 Å². The van der Waals surface area contributed by atoms with E-state index in [1.165, 1.54) is 6.20 Å². The van der Waals surface area contributed by atoms with E-state index in [9.17, 15) is 14.4 Å². The highest BCUT2D eigenvalue weighted by molar-refractivity contribution is 5.98. The van der Waals surface area contributed by atoms with Gasteiger partial charge in [-0.3, -0.25) is 14.4 Å². The summed E-state index contributed by atoms with van der Waals surface area (Å²) in [6.45, 7) is 3.03. The summed E-state index contributed by atoms with van der Waals surface area (Å²) >= 11 is 0. The maximum Gasteiger partial charge on any atom is 0.257 e. The van der Waals surface area contributed by atoms with Crippen molar-refractivity contribution in [3.8, 4) is 0 Å². The maximum absolute atomic E-state index is 12.4. The Kier molecular flexibility index (Phi) is 5.14. The molecule has 0 radical (unpaired) electrons. The van der Waals surface area contributed by atoms with Gasteiger partial charge in [0.25, 0.3) is 5.91 Å². The van der Waals surface area contributed by atoms with Crippen LogP contribution in [0.5, 0.6) is 0 Å². The Labute approximate surface area is 145 Å². The van der Waals surface area contributed by atoms with E-state index < -0.39 is 5.91 Å². The fraction of sp³-hybridized carbons (Fsp3) is 0.389. The number of hydrogen-bond donors (Lipinski definition) is 2. The van der Waals surface area contributed by atoms with Crippen LogP contribution >= 0.6 is 0 Å². The Bertz CT molecular complexity index is 846. The fourth-order valence-corrected chi connectivity index (χ4v) is 3.00. The standard InChI is InChI=1S/C18H22N4O3/c1-21-7-4-8-22(10-9-21)16(23)12-20-18(25)14-11-19-15-6-3-2-5-13(15)17(14)24/h2-3,5-6,11H,4,7-10,12H2,1H3,(H,19,24)(H,20,25). The number of benzene rings is 1. The van der Waals surface area contributed by atoms with E-state index in [1.807, 2.05) is 13.1 Å². The first-order chi connectivity index (χ1) is 12.1. The van der Waals surface area contributed by atoms with Crippen molar-refractivity contribution in [2.45, 2.75) is 6.42 Å². The average Bonchev–Trinajstić information content (AvgIpc) is 2.84. The number of para-hydroxylation sites is 1. The predicted octanol–water partition coefficient (Wildman–Crippen LogP) is 0.422. The van der Waals surface area contributed by atoms with Gasteiger partial charge in [0, 0.05) is 36.7 Å². The molecule has 0 saturated carbocycles. The Morgan fingerprint density at radius 1 is 1.16 bits per heavy atom. The van der Waals surface area contributed by atoms with Gasteiger partial charge in [0.2, 0.25) is 11.3 Å². The molecule has 1 aromatic carbocycles. The first-order valence-corrected chi connectivity index (χ1v) is 8.41. The van der Waals surface area contributed by atoms with E-state index in [2.05, 4.69) is 15.2 Å². The van der Waals surface area contributed by atoms with Crippen LogP contribution in [0.2, 0.25) is 0 Å². The summed E-state index contributed by atoms with van der Waals surface area (Å²) in [6.07, 6.45) is 2.31. The van der Waals surface area contributed by atoms with Crippen molar-refractivity contribution in [3.63, 3.8) is 0 Å². The molecule has 1 aromatic heterocycles. The number of aromatic amines is 1. The summed E-state index contributed by atoms with van der Waals surface area (Å²) in [4.78, 5) is 43.9. The topological polar surface area (TPSA) is 85.5 Å². The van der Waals surface area contributed by atoms with E-state index in [1.54, 1.807) is 23.1 Å². The molecule has 25 heavy (non-hydrogen) atoms. The molecule has 2 aromatic rings. The van der Waals surface area contributed by atoms with Crippen LogP contribution in [0.25, 0.3) is 10.9 Å². The van der Waals surface area contributed by atoms with Crippen molar-refractivity contribution in [2.24, 2.45) is 0 Å². The third-order valence-electron chi connectivity index (χ3n) is 4.51. The largest absolute Gasteiger partial charge is 0.360 e. The van der Waals surface area contributed by atoms with Gasteiger partial charge in [-0.25, -0.2) is 0 Å². The van der Waals surface area contributed by atoms with E-state index in [0.717, 1.165) is 19.5 Å². The molecule has 0 unspecified atom stereocenters. The van der Waals surface area contributed by atoms with Crippen LogP contribution in [0.1, 0.15) is 16.8 Å². The number of pyridine rings is 1. The average molecular weight is 342 g/mol. The first-order valence-electron chi connectivity index (χ1n) is 8.41. The van der Waals surface area contributed by atoms with Gasteiger partial charge in [-0.1, -0.05) is 12.1 Å². The molecule has 3 rings (SSSR count). The van der Waals surface area contributed by atoms with Gasteiger partial charge in [-0.2, -0.15) is 0 Å². The molecule has 2 heterocycles. The molecule has 7 nitrogen and oxygen atoms in total. The van der Waals surface area contributed by atoms with Crippen LogP contribution in [-0.4, -0.2) is 66.4 Å². The smallest absolute Gasteiger partial charge is 0.257 e. The van der Waals surface area contributed by atoms with E-state index in [-0.39, 0.29) is 23.4 Å². The summed E-state index contributed by atoms with van der Waals surface area (Å²) in [7, 11) is 2.03. The second-order valence-corrected chi connectivity index (χ2v) is 6.30. The minimum absolute atomic E-state index is 0.0158. The molecule has 0 spiro atoms. The van der Waals surface area contributed by atoms with E-state index in [4.69, 9.17) is 0 Å². The number of fused-ring (bicyclic) bond motifs is 1. The quantitative estimate of drug-likeness (QED) is 0.847. The number of hydrogen-bond acceptors (Lipinski definition) is 4. The van der Waals surface area contributed by atoms with E-state index >= 15 is 0 Å². The monoisotopic (exact) mass is 342 g/mol. The van der Waals surface area contributed by atoms with Gasteiger partial charge >= 0.3 is 0 Å². The lowest BCUT2D eigenvalue weighted by Gasteiger charge is -2.20. The Morgan fingerprint density at radius 2 is 1.96 bits per heavy atom. The maximum atomic E-state index is 12.4. The van der Waals surface area contributed by atoms with Crippen molar-refractivity contribution < 1.29 is 9.59 Å². The zero-order valence-electron chi connectivity index (χ0n) is 14.2. The lowest BCUT2D eigenvalue weighted by atomic mass is 10.1. The summed E-state index contributed by atoms with van der Waals surface area (Å²) in [5.41, 5.74) is 0.353. The van der Waals surface area contributed by atoms with Crippen LogP contribution < -0.4 is 10.7 Å². The zero-order valence-corrected chi connectivity index (χ0v) is 14.2. The molecule has 1 aliphatic rings. The predicted molar refractivity (Wildman–Crippen MR) is 95.6 cm³/mol. The lowest BCUT2D eigenvalue weighted by molar-refractivity contribution is -0.129. The van der Waals surface area contributed by atoms with Crippen LogP contribution in [0, 0.1) is 0 Å². The number of rotatable bonds is 3. The number of nitrogens with one attached hydrogen (secondary N) is 2. The number of likely N-dealkylation sites (N-methyl/N-ethyl adjacent to an activating group) is 1. The van der Waals surface area contributed by atoms with Gasteiger partial charge in [-0.05, 0) is 32.1 Å². The first kappa shape index (κ1) is 17.2. The third-order valence-corrected chi connectivity index (χ3v) is 4.51. The molecule has 0 atom stereocenters. The SMILES string of the molecule is CN1CCCN(C(=O)CNC(=O)c2c[nH]c3ccccc3c2=O)CC1. The number of aromatic nitrogens is 1. The molecule has 2 amide bonds. The second kappa shape index (κ2) is 7.48. The molecule has 1 saturated heterocycles. The number of carbonyl (C=O) groups is 2. The number of nitrogens with zero attached hydrogens (tertiary/aromatic N) is 2. The molecule has 0 bridgehead atoms. The van der Waals surface area contributed by atoms with Crippen LogP contribution in [-0.2, 0) is 4.79 Å². The van der Waals surface area contributed by atoms with Gasteiger partial charge in [0.15, 0.2) is 0 Å². The van der Waals surface area contributed by atoms with Crippen molar-refractivity contribution in [1.29, 1.82) is 0 Å². The highest BCUT2D eigenvalue weighted by Gasteiger charge is 2.19. The number of H-pyrrole nitrogens is 1. The third kappa shape index (κ3) is 3.88. The molecule has 1 aliphatic heterocycles. The summed E-state index contributed by atoms with van der Waals surface area (Å²) in [6, 6.07) is 7.01. The second-order valence-electron chi connectivity index (χ2n) is 6.30. The van der Waals surface area contributed by atoms with Crippen molar-refractivity contribution in [2.75, 3.05) is 39.8 Å². The summed E-state index contributed by atoms with van der Waals surface area (Å²) < 4.78 is 0. The molecular formula is C18H22N4O3. The molecule has 2 N–H and O–H groups in total.